The molecule has 0 radical (unpaired) electrons. The average molecular weight is 296 g/mol. The van der Waals surface area contributed by atoms with Crippen molar-refractivity contribution < 1.29 is 4.92 Å². The van der Waals surface area contributed by atoms with Gasteiger partial charge in [-0.2, -0.15) is 11.8 Å². The summed E-state index contributed by atoms with van der Waals surface area (Å²) in [5.41, 5.74) is 1.17. The number of hydrogen-bond donors (Lipinski definition) is 1. The Balaban J connectivity index is 2.45. The third-order valence-corrected chi connectivity index (χ3v) is 4.00. The third kappa shape index (κ3) is 5.92. The van der Waals surface area contributed by atoms with Crippen molar-refractivity contribution in [3.8, 4) is 0 Å². The van der Waals surface area contributed by atoms with Gasteiger partial charge >= 0.3 is 0 Å². The van der Waals surface area contributed by atoms with Crippen LogP contribution in [-0.2, 0) is 0 Å². The van der Waals surface area contributed by atoms with Crippen molar-refractivity contribution in [2.45, 2.75) is 38.6 Å². The fourth-order valence-corrected chi connectivity index (χ4v) is 2.67. The Labute approximate surface area is 125 Å². The van der Waals surface area contributed by atoms with Gasteiger partial charge in [0.15, 0.2) is 0 Å². The van der Waals surface area contributed by atoms with Crippen molar-refractivity contribution in [1.29, 1.82) is 0 Å². The van der Waals surface area contributed by atoms with Gasteiger partial charge in [-0.1, -0.05) is 25.5 Å². The van der Waals surface area contributed by atoms with Crippen molar-refractivity contribution in [1.82, 2.24) is 5.32 Å². The molecule has 0 aromatic heterocycles. The predicted molar refractivity (Wildman–Crippen MR) is 86.4 cm³/mol. The van der Waals surface area contributed by atoms with E-state index < -0.39 is 0 Å². The van der Waals surface area contributed by atoms with Crippen molar-refractivity contribution in [2.24, 2.45) is 0 Å². The molecule has 20 heavy (non-hydrogen) atoms. The molecule has 1 rings (SSSR count). The number of nitro benzene ring substituents is 1. The van der Waals surface area contributed by atoms with Gasteiger partial charge in [-0.05, 0) is 43.4 Å². The van der Waals surface area contributed by atoms with Crippen LogP contribution in [0.15, 0.2) is 24.3 Å². The summed E-state index contributed by atoms with van der Waals surface area (Å²) in [6.45, 7) is 3.07. The molecule has 1 aromatic carbocycles. The summed E-state index contributed by atoms with van der Waals surface area (Å²) in [4.78, 5) is 10.5. The van der Waals surface area contributed by atoms with Crippen LogP contribution >= 0.6 is 11.8 Å². The largest absolute Gasteiger partial charge is 0.310 e. The molecule has 0 saturated carbocycles. The van der Waals surface area contributed by atoms with Gasteiger partial charge < -0.3 is 5.32 Å². The first-order valence-electron chi connectivity index (χ1n) is 7.15. The Bertz CT molecular complexity index is 413. The highest BCUT2D eigenvalue weighted by atomic mass is 32.2. The fourth-order valence-electron chi connectivity index (χ4n) is 2.18. The van der Waals surface area contributed by atoms with Crippen LogP contribution in [0, 0.1) is 10.1 Å². The third-order valence-electron chi connectivity index (χ3n) is 3.31. The number of rotatable bonds is 10. The molecule has 0 heterocycles. The van der Waals surface area contributed by atoms with Crippen LogP contribution in [0.1, 0.15) is 44.2 Å². The molecule has 0 aliphatic carbocycles. The second-order valence-electron chi connectivity index (χ2n) is 4.82. The lowest BCUT2D eigenvalue weighted by atomic mass is 10.0. The van der Waals surface area contributed by atoms with Crippen LogP contribution in [0.5, 0.6) is 0 Å². The zero-order valence-corrected chi connectivity index (χ0v) is 13.1. The lowest BCUT2D eigenvalue weighted by Gasteiger charge is -2.17. The minimum Gasteiger partial charge on any atom is -0.310 e. The van der Waals surface area contributed by atoms with Crippen molar-refractivity contribution >= 4 is 17.4 Å². The summed E-state index contributed by atoms with van der Waals surface area (Å²) in [5.74, 6) is 1.22. The summed E-state index contributed by atoms with van der Waals surface area (Å²) in [7, 11) is 0. The van der Waals surface area contributed by atoms with Crippen molar-refractivity contribution in [2.75, 3.05) is 18.6 Å². The van der Waals surface area contributed by atoms with Crippen molar-refractivity contribution in [3.05, 3.63) is 39.9 Å². The van der Waals surface area contributed by atoms with Crippen molar-refractivity contribution in [3.63, 3.8) is 0 Å². The lowest BCUT2D eigenvalue weighted by Crippen LogP contribution is -2.22. The fraction of sp³-hybridized carbons (Fsp3) is 0.600. The molecule has 1 atom stereocenters. The van der Waals surface area contributed by atoms with Crippen LogP contribution in [-0.4, -0.2) is 23.5 Å². The van der Waals surface area contributed by atoms with E-state index in [0.29, 0.717) is 0 Å². The Morgan fingerprint density at radius 2 is 2.15 bits per heavy atom. The van der Waals surface area contributed by atoms with Gasteiger partial charge in [-0.25, -0.2) is 0 Å². The van der Waals surface area contributed by atoms with Gasteiger partial charge in [0, 0.05) is 18.2 Å². The van der Waals surface area contributed by atoms with Gasteiger partial charge in [0.2, 0.25) is 0 Å². The molecule has 4 nitrogen and oxygen atoms in total. The molecule has 1 aromatic rings. The minimum atomic E-state index is -0.335. The van der Waals surface area contributed by atoms with Gasteiger partial charge in [-0.3, -0.25) is 10.1 Å². The van der Waals surface area contributed by atoms with Gasteiger partial charge in [0.05, 0.1) is 4.92 Å². The Morgan fingerprint density at radius 1 is 1.35 bits per heavy atom. The molecule has 0 aliphatic rings. The summed E-state index contributed by atoms with van der Waals surface area (Å²) < 4.78 is 0. The molecular weight excluding hydrogens is 272 g/mol. The number of hydrogen-bond acceptors (Lipinski definition) is 4. The lowest BCUT2D eigenvalue weighted by molar-refractivity contribution is -0.384. The summed E-state index contributed by atoms with van der Waals surface area (Å²) in [5, 5.41) is 14.3. The zero-order valence-electron chi connectivity index (χ0n) is 12.3. The van der Waals surface area contributed by atoms with E-state index in [1.54, 1.807) is 18.2 Å². The molecule has 0 saturated heterocycles. The standard InChI is InChI=1S/C15H24N2O2S/c1-3-15(16-10-5-4-6-11-20-2)13-8-7-9-14(12-13)17(18)19/h7-9,12,15-16H,3-6,10-11H2,1-2H3. The van der Waals surface area contributed by atoms with E-state index in [1.165, 1.54) is 18.6 Å². The second-order valence-corrected chi connectivity index (χ2v) is 5.81. The van der Waals surface area contributed by atoms with E-state index in [1.807, 2.05) is 17.8 Å². The quantitative estimate of drug-likeness (QED) is 0.400. The van der Waals surface area contributed by atoms with Crippen LogP contribution < -0.4 is 5.32 Å². The molecule has 0 fully saturated rings. The topological polar surface area (TPSA) is 55.2 Å². The van der Waals surface area contributed by atoms with Crippen LogP contribution in [0.2, 0.25) is 0 Å². The maximum Gasteiger partial charge on any atom is 0.269 e. The smallest absolute Gasteiger partial charge is 0.269 e. The number of benzene rings is 1. The predicted octanol–water partition coefficient (Wildman–Crippen LogP) is 4.17. The summed E-state index contributed by atoms with van der Waals surface area (Å²) >= 11 is 1.89. The number of nitro groups is 1. The van der Waals surface area contributed by atoms with E-state index in [9.17, 15) is 10.1 Å². The number of thioether (sulfide) groups is 1. The van der Waals surface area contributed by atoms with E-state index in [2.05, 4.69) is 18.5 Å². The van der Waals surface area contributed by atoms with E-state index in [-0.39, 0.29) is 16.7 Å². The van der Waals surface area contributed by atoms with E-state index in [4.69, 9.17) is 0 Å². The minimum absolute atomic E-state index is 0.169. The Kier molecular flexibility index (Phi) is 8.30. The van der Waals surface area contributed by atoms with E-state index in [0.717, 1.165) is 24.9 Å². The second kappa shape index (κ2) is 9.77. The molecular formula is C15H24N2O2S. The molecule has 5 heteroatoms. The van der Waals surface area contributed by atoms with Gasteiger partial charge in [0.1, 0.15) is 0 Å². The molecule has 0 amide bonds. The average Bonchev–Trinajstić information content (AvgIpc) is 2.46. The monoisotopic (exact) mass is 296 g/mol. The highest BCUT2D eigenvalue weighted by Crippen LogP contribution is 2.21. The van der Waals surface area contributed by atoms with Crippen LogP contribution in [0.25, 0.3) is 0 Å². The SMILES string of the molecule is CCC(NCCCCCSC)c1cccc([N+](=O)[O-])c1. The first kappa shape index (κ1) is 17.0. The van der Waals surface area contributed by atoms with Gasteiger partial charge in [0.25, 0.3) is 5.69 Å². The summed E-state index contributed by atoms with van der Waals surface area (Å²) in [6.07, 6.45) is 6.72. The van der Waals surface area contributed by atoms with E-state index >= 15 is 0 Å². The molecule has 0 spiro atoms. The normalized spacial score (nSPS) is 12.3. The molecule has 1 N–H and O–H groups in total. The van der Waals surface area contributed by atoms with Crippen LogP contribution in [0.4, 0.5) is 5.69 Å². The molecule has 0 bridgehead atoms. The number of nitrogens with one attached hydrogen (secondary N) is 1. The number of unbranched alkanes of at least 4 members (excludes halogenated alkanes) is 2. The molecule has 112 valence electrons. The molecule has 1 unspecified atom stereocenters. The summed E-state index contributed by atoms with van der Waals surface area (Å²) in [6, 6.07) is 7.14. The first-order valence-corrected chi connectivity index (χ1v) is 8.55. The maximum absolute atomic E-state index is 10.8. The van der Waals surface area contributed by atoms with Gasteiger partial charge in [-0.15, -0.1) is 0 Å². The Hall–Kier alpha value is -1.07. The van der Waals surface area contributed by atoms with Crippen LogP contribution in [0.3, 0.4) is 0 Å². The Morgan fingerprint density at radius 3 is 2.80 bits per heavy atom. The number of non-ortho nitro benzene ring substituents is 1. The number of nitrogens with zero attached hydrogens (tertiary/aromatic N) is 1. The highest BCUT2D eigenvalue weighted by Gasteiger charge is 2.12. The first-order chi connectivity index (χ1) is 9.69. The maximum atomic E-state index is 10.8. The highest BCUT2D eigenvalue weighted by molar-refractivity contribution is 7.98. The zero-order chi connectivity index (χ0) is 14.8. The molecule has 0 aliphatic heterocycles.